The normalized spacial score (nSPS) is 12.7. The molecule has 2 aromatic rings. The largest absolute Gasteiger partial charge is 0.487 e. The topological polar surface area (TPSA) is 47.3 Å². The molecule has 2 rings (SSSR count). The van der Waals surface area contributed by atoms with Crippen LogP contribution in [0.2, 0.25) is 0 Å². The van der Waals surface area contributed by atoms with Crippen LogP contribution in [-0.4, -0.2) is 14.7 Å². The maximum atomic E-state index is 9.44. The van der Waals surface area contributed by atoms with Crippen LogP contribution >= 0.6 is 0 Å². The quantitative estimate of drug-likeness (QED) is 0.898. The van der Waals surface area contributed by atoms with Gasteiger partial charge in [0, 0.05) is 6.04 Å². The van der Waals surface area contributed by atoms with Crippen molar-refractivity contribution in [2.24, 2.45) is 0 Å². The first-order valence-electron chi connectivity index (χ1n) is 6.49. The third-order valence-electron chi connectivity index (χ3n) is 3.05. The van der Waals surface area contributed by atoms with Crippen LogP contribution in [0.25, 0.3) is 0 Å². The lowest BCUT2D eigenvalue weighted by Crippen LogP contribution is -2.07. The lowest BCUT2D eigenvalue weighted by Gasteiger charge is -2.13. The van der Waals surface area contributed by atoms with Crippen molar-refractivity contribution >= 4 is 0 Å². The summed E-state index contributed by atoms with van der Waals surface area (Å²) in [4.78, 5) is 4.14. The van der Waals surface area contributed by atoms with E-state index in [1.54, 1.807) is 6.92 Å². The number of hydrogen-bond acceptors (Lipinski definition) is 3. The molecule has 0 bridgehead atoms. The minimum atomic E-state index is -0.448. The van der Waals surface area contributed by atoms with E-state index in [0.717, 1.165) is 17.0 Å². The summed E-state index contributed by atoms with van der Waals surface area (Å²) in [6, 6.07) is 7.87. The Hall–Kier alpha value is -1.81. The highest BCUT2D eigenvalue weighted by Gasteiger charge is 2.06. The van der Waals surface area contributed by atoms with E-state index in [4.69, 9.17) is 4.74 Å². The Kier molecular flexibility index (Phi) is 4.22. The Balaban J connectivity index is 2.00. The second kappa shape index (κ2) is 5.89. The molecule has 0 aliphatic rings. The molecule has 0 aliphatic carbocycles. The van der Waals surface area contributed by atoms with Crippen molar-refractivity contribution in [3.8, 4) is 5.75 Å². The van der Waals surface area contributed by atoms with Crippen LogP contribution in [-0.2, 0) is 6.61 Å². The van der Waals surface area contributed by atoms with E-state index in [1.807, 2.05) is 36.8 Å². The van der Waals surface area contributed by atoms with Crippen LogP contribution in [0, 0.1) is 0 Å². The van der Waals surface area contributed by atoms with E-state index in [1.165, 1.54) is 0 Å². The van der Waals surface area contributed by atoms with Crippen LogP contribution in [0.4, 0.5) is 0 Å². The molecule has 0 saturated carbocycles. The molecule has 0 amide bonds. The number of ether oxygens (including phenoxy) is 1. The summed E-state index contributed by atoms with van der Waals surface area (Å²) in [5.41, 5.74) is 1.94. The van der Waals surface area contributed by atoms with Gasteiger partial charge >= 0.3 is 0 Å². The van der Waals surface area contributed by atoms with Crippen LogP contribution < -0.4 is 4.74 Å². The summed E-state index contributed by atoms with van der Waals surface area (Å²) in [5.74, 6) is 0.793. The van der Waals surface area contributed by atoms with Crippen molar-refractivity contribution in [2.45, 2.75) is 39.5 Å². The molecule has 1 N–H and O–H groups in total. The maximum absolute atomic E-state index is 9.44. The predicted molar refractivity (Wildman–Crippen MR) is 74.0 cm³/mol. The Morgan fingerprint density at radius 2 is 1.89 bits per heavy atom. The number of aliphatic hydroxyl groups is 1. The zero-order chi connectivity index (χ0) is 13.8. The number of aliphatic hydroxyl groups excluding tert-OH is 1. The van der Waals surface area contributed by atoms with E-state index >= 15 is 0 Å². The summed E-state index contributed by atoms with van der Waals surface area (Å²) < 4.78 is 7.82. The molecule has 0 saturated heterocycles. The first-order valence-corrected chi connectivity index (χ1v) is 6.49. The fourth-order valence-corrected chi connectivity index (χ4v) is 1.91. The number of imidazole rings is 1. The third kappa shape index (κ3) is 3.35. The summed E-state index contributed by atoms with van der Waals surface area (Å²) in [5, 5.41) is 9.44. The SMILES string of the molecule is CC(C)n1cncc1COc1ccc([C@@H](C)O)cc1. The molecular weight excluding hydrogens is 240 g/mol. The summed E-state index contributed by atoms with van der Waals surface area (Å²) in [6.45, 7) is 6.47. The monoisotopic (exact) mass is 260 g/mol. The molecule has 4 nitrogen and oxygen atoms in total. The molecule has 19 heavy (non-hydrogen) atoms. The van der Waals surface area contributed by atoms with Gasteiger partial charge in [-0.1, -0.05) is 12.1 Å². The van der Waals surface area contributed by atoms with Gasteiger partial charge in [-0.05, 0) is 38.5 Å². The average molecular weight is 260 g/mol. The van der Waals surface area contributed by atoms with Crippen molar-refractivity contribution in [3.63, 3.8) is 0 Å². The van der Waals surface area contributed by atoms with Gasteiger partial charge in [-0.15, -0.1) is 0 Å². The minimum Gasteiger partial charge on any atom is -0.487 e. The standard InChI is InChI=1S/C15H20N2O2/c1-11(2)17-10-16-8-14(17)9-19-15-6-4-13(5-7-15)12(3)18/h4-8,10-12,18H,9H2,1-3H3/t12-/m1/s1. The molecule has 0 spiro atoms. The molecule has 1 heterocycles. The van der Waals surface area contributed by atoms with E-state index in [-0.39, 0.29) is 0 Å². The van der Waals surface area contributed by atoms with Crippen molar-refractivity contribution < 1.29 is 9.84 Å². The molecule has 0 radical (unpaired) electrons. The maximum Gasteiger partial charge on any atom is 0.130 e. The highest BCUT2D eigenvalue weighted by molar-refractivity contribution is 5.28. The zero-order valence-electron chi connectivity index (χ0n) is 11.6. The highest BCUT2D eigenvalue weighted by atomic mass is 16.5. The number of nitrogens with zero attached hydrogens (tertiary/aromatic N) is 2. The molecule has 1 atom stereocenters. The van der Waals surface area contributed by atoms with E-state index in [0.29, 0.717) is 12.6 Å². The van der Waals surface area contributed by atoms with Gasteiger partial charge in [-0.2, -0.15) is 0 Å². The molecule has 4 heteroatoms. The first-order chi connectivity index (χ1) is 9.08. The first kappa shape index (κ1) is 13.6. The fourth-order valence-electron chi connectivity index (χ4n) is 1.91. The summed E-state index contributed by atoms with van der Waals surface area (Å²) in [6.07, 6.45) is 3.20. The number of benzene rings is 1. The Bertz CT molecular complexity index is 515. The van der Waals surface area contributed by atoms with Gasteiger partial charge in [0.15, 0.2) is 0 Å². The molecule has 102 valence electrons. The lowest BCUT2D eigenvalue weighted by atomic mass is 10.1. The van der Waals surface area contributed by atoms with Gasteiger partial charge in [0.1, 0.15) is 12.4 Å². The molecule has 0 unspecified atom stereocenters. The van der Waals surface area contributed by atoms with Crippen molar-refractivity contribution in [1.29, 1.82) is 0 Å². The fraction of sp³-hybridized carbons (Fsp3) is 0.400. The Labute approximate surface area is 113 Å². The second-order valence-electron chi connectivity index (χ2n) is 4.92. The van der Waals surface area contributed by atoms with E-state index < -0.39 is 6.10 Å². The third-order valence-corrected chi connectivity index (χ3v) is 3.05. The van der Waals surface area contributed by atoms with Crippen molar-refractivity contribution in [1.82, 2.24) is 9.55 Å². The molecule has 0 fully saturated rings. The second-order valence-corrected chi connectivity index (χ2v) is 4.92. The van der Waals surface area contributed by atoms with Gasteiger partial charge in [-0.3, -0.25) is 0 Å². The summed E-state index contributed by atoms with van der Waals surface area (Å²) in [7, 11) is 0. The van der Waals surface area contributed by atoms with Crippen LogP contribution in [0.5, 0.6) is 5.75 Å². The van der Waals surface area contributed by atoms with Crippen LogP contribution in [0.1, 0.15) is 44.2 Å². The molecule has 1 aromatic heterocycles. The van der Waals surface area contributed by atoms with Crippen LogP contribution in [0.3, 0.4) is 0 Å². The van der Waals surface area contributed by atoms with Gasteiger partial charge in [-0.25, -0.2) is 4.98 Å². The highest BCUT2D eigenvalue weighted by Crippen LogP contribution is 2.18. The zero-order valence-corrected chi connectivity index (χ0v) is 11.6. The Morgan fingerprint density at radius 1 is 1.21 bits per heavy atom. The van der Waals surface area contributed by atoms with E-state index in [2.05, 4.69) is 23.4 Å². The van der Waals surface area contributed by atoms with Gasteiger partial charge in [0.05, 0.1) is 24.3 Å². The smallest absolute Gasteiger partial charge is 0.130 e. The average Bonchev–Trinajstić information content (AvgIpc) is 2.85. The predicted octanol–water partition coefficient (Wildman–Crippen LogP) is 3.10. The lowest BCUT2D eigenvalue weighted by molar-refractivity contribution is 0.199. The minimum absolute atomic E-state index is 0.374. The van der Waals surface area contributed by atoms with Crippen molar-refractivity contribution in [3.05, 3.63) is 48.0 Å². The van der Waals surface area contributed by atoms with Gasteiger partial charge in [0.2, 0.25) is 0 Å². The van der Waals surface area contributed by atoms with Gasteiger partial charge < -0.3 is 14.4 Å². The number of hydrogen-bond donors (Lipinski definition) is 1. The molecule has 0 aliphatic heterocycles. The number of aromatic nitrogens is 2. The number of rotatable bonds is 5. The molecule has 1 aromatic carbocycles. The van der Waals surface area contributed by atoms with Gasteiger partial charge in [0.25, 0.3) is 0 Å². The van der Waals surface area contributed by atoms with Crippen LogP contribution in [0.15, 0.2) is 36.8 Å². The Morgan fingerprint density at radius 3 is 2.47 bits per heavy atom. The summed E-state index contributed by atoms with van der Waals surface area (Å²) >= 11 is 0. The molecular formula is C15H20N2O2. The van der Waals surface area contributed by atoms with Crippen molar-refractivity contribution in [2.75, 3.05) is 0 Å². The van der Waals surface area contributed by atoms with E-state index in [9.17, 15) is 5.11 Å².